The molecule has 1 aromatic rings. The molecule has 0 saturated carbocycles. The van der Waals surface area contributed by atoms with Crippen LogP contribution in [0.4, 0.5) is 10.3 Å². The van der Waals surface area contributed by atoms with Gasteiger partial charge in [-0.2, -0.15) is 9.37 Å². The molecule has 2 rings (SSSR count). The average molecular weight is 297 g/mol. The van der Waals surface area contributed by atoms with Crippen molar-refractivity contribution in [2.75, 3.05) is 52.2 Å². The van der Waals surface area contributed by atoms with Crippen LogP contribution in [0.25, 0.3) is 0 Å². The second-order valence-electron chi connectivity index (χ2n) is 6.14. The van der Waals surface area contributed by atoms with Crippen LogP contribution in [0.1, 0.15) is 13.8 Å². The Morgan fingerprint density at radius 2 is 2.00 bits per heavy atom. The Morgan fingerprint density at radius 1 is 1.33 bits per heavy atom. The van der Waals surface area contributed by atoms with Gasteiger partial charge in [-0.05, 0) is 20.9 Å². The second-order valence-corrected chi connectivity index (χ2v) is 6.14. The molecule has 1 saturated heterocycles. The highest BCUT2D eigenvalue weighted by Crippen LogP contribution is 2.18. The van der Waals surface area contributed by atoms with E-state index in [2.05, 4.69) is 46.0 Å². The van der Waals surface area contributed by atoms with Crippen molar-refractivity contribution in [1.29, 1.82) is 0 Å². The first-order valence-electron chi connectivity index (χ1n) is 7.15. The van der Waals surface area contributed by atoms with E-state index in [1.165, 1.54) is 7.11 Å². The van der Waals surface area contributed by atoms with E-state index in [1.54, 1.807) is 0 Å². The van der Waals surface area contributed by atoms with E-state index in [4.69, 9.17) is 4.74 Å². The van der Waals surface area contributed by atoms with Crippen LogP contribution < -0.4 is 10.1 Å². The van der Waals surface area contributed by atoms with Gasteiger partial charge in [-0.25, -0.2) is 4.98 Å². The molecule has 0 bridgehead atoms. The summed E-state index contributed by atoms with van der Waals surface area (Å²) in [4.78, 5) is 12.7. The zero-order valence-electron chi connectivity index (χ0n) is 13.2. The summed E-state index contributed by atoms with van der Waals surface area (Å²) in [5.74, 6) is -0.213. The zero-order valence-corrected chi connectivity index (χ0v) is 13.2. The summed E-state index contributed by atoms with van der Waals surface area (Å²) in [7, 11) is 3.53. The maximum atomic E-state index is 13.3. The van der Waals surface area contributed by atoms with Crippen LogP contribution in [0.5, 0.6) is 5.88 Å². The fraction of sp³-hybridized carbons (Fsp3) is 0.714. The first kappa shape index (κ1) is 15.9. The summed E-state index contributed by atoms with van der Waals surface area (Å²) in [5, 5.41) is 3.25. The van der Waals surface area contributed by atoms with Crippen LogP contribution in [0.3, 0.4) is 0 Å². The molecule has 1 aliphatic rings. The Bertz CT molecular complexity index is 474. The molecule has 0 atom stereocenters. The fourth-order valence-corrected chi connectivity index (χ4v) is 2.46. The van der Waals surface area contributed by atoms with Crippen molar-refractivity contribution in [2.45, 2.75) is 19.4 Å². The standard InChI is InChI=1S/C14H24FN5O/c1-14(2,10-20-7-5-19(3)6-8-20)18-13-16-9-11(15)12(17-13)21-4/h9H,5-8,10H2,1-4H3,(H,16,17,18). The number of methoxy groups -OCH3 is 1. The van der Waals surface area contributed by atoms with E-state index < -0.39 is 5.82 Å². The number of aromatic nitrogens is 2. The number of anilines is 1. The first-order valence-corrected chi connectivity index (χ1v) is 7.15. The van der Waals surface area contributed by atoms with E-state index in [0.29, 0.717) is 5.95 Å². The molecule has 7 heteroatoms. The maximum Gasteiger partial charge on any atom is 0.255 e. The molecule has 1 N–H and O–H groups in total. The quantitative estimate of drug-likeness (QED) is 0.877. The van der Waals surface area contributed by atoms with Gasteiger partial charge in [0.2, 0.25) is 11.8 Å². The van der Waals surface area contributed by atoms with Gasteiger partial charge in [0.25, 0.3) is 5.88 Å². The molecule has 0 aromatic carbocycles. The number of nitrogens with zero attached hydrogens (tertiary/aromatic N) is 4. The van der Waals surface area contributed by atoms with E-state index >= 15 is 0 Å². The molecule has 2 heterocycles. The first-order chi connectivity index (χ1) is 9.89. The molecule has 0 aliphatic carbocycles. The van der Waals surface area contributed by atoms with Crippen molar-refractivity contribution < 1.29 is 9.13 Å². The van der Waals surface area contributed by atoms with Crippen molar-refractivity contribution in [2.24, 2.45) is 0 Å². The van der Waals surface area contributed by atoms with E-state index in [1.807, 2.05) is 0 Å². The van der Waals surface area contributed by atoms with Gasteiger partial charge in [-0.15, -0.1) is 0 Å². The molecule has 21 heavy (non-hydrogen) atoms. The lowest BCUT2D eigenvalue weighted by atomic mass is 10.0. The van der Waals surface area contributed by atoms with Gasteiger partial charge in [0.1, 0.15) is 0 Å². The smallest absolute Gasteiger partial charge is 0.255 e. The van der Waals surface area contributed by atoms with Crippen molar-refractivity contribution in [3.05, 3.63) is 12.0 Å². The van der Waals surface area contributed by atoms with Crippen LogP contribution in [0, 0.1) is 5.82 Å². The van der Waals surface area contributed by atoms with Crippen LogP contribution in [0.15, 0.2) is 6.20 Å². The number of nitrogens with one attached hydrogen (secondary N) is 1. The number of ether oxygens (including phenoxy) is 1. The van der Waals surface area contributed by atoms with E-state index in [-0.39, 0.29) is 11.4 Å². The van der Waals surface area contributed by atoms with Gasteiger partial charge in [0, 0.05) is 38.3 Å². The Kier molecular flexibility index (Phi) is 4.95. The number of piperazine rings is 1. The lowest BCUT2D eigenvalue weighted by Gasteiger charge is -2.38. The molecule has 1 fully saturated rings. The molecule has 0 radical (unpaired) electrons. The van der Waals surface area contributed by atoms with Crippen LogP contribution >= 0.6 is 0 Å². The Hall–Kier alpha value is -1.47. The fourth-order valence-electron chi connectivity index (χ4n) is 2.46. The summed E-state index contributed by atoms with van der Waals surface area (Å²) in [5.41, 5.74) is -0.210. The minimum absolute atomic E-state index is 0.0390. The van der Waals surface area contributed by atoms with Gasteiger partial charge < -0.3 is 15.0 Å². The molecule has 6 nitrogen and oxygen atoms in total. The van der Waals surface area contributed by atoms with Crippen molar-refractivity contribution >= 4 is 5.95 Å². The van der Waals surface area contributed by atoms with E-state index in [0.717, 1.165) is 38.9 Å². The topological polar surface area (TPSA) is 53.5 Å². The lowest BCUT2D eigenvalue weighted by Crippen LogP contribution is -2.51. The highest BCUT2D eigenvalue weighted by Gasteiger charge is 2.25. The van der Waals surface area contributed by atoms with Crippen molar-refractivity contribution in [1.82, 2.24) is 19.8 Å². The van der Waals surface area contributed by atoms with Gasteiger partial charge >= 0.3 is 0 Å². The highest BCUT2D eigenvalue weighted by molar-refractivity contribution is 5.31. The highest BCUT2D eigenvalue weighted by atomic mass is 19.1. The van der Waals surface area contributed by atoms with Gasteiger partial charge in [0.15, 0.2) is 0 Å². The minimum atomic E-state index is -0.556. The van der Waals surface area contributed by atoms with Gasteiger partial charge in [-0.1, -0.05) is 0 Å². The van der Waals surface area contributed by atoms with Gasteiger partial charge in [-0.3, -0.25) is 4.90 Å². The SMILES string of the molecule is COc1nc(NC(C)(C)CN2CCN(C)CC2)ncc1F. The molecule has 0 unspecified atom stereocenters. The molecule has 1 aromatic heterocycles. The number of rotatable bonds is 5. The van der Waals surface area contributed by atoms with Crippen LogP contribution in [-0.4, -0.2) is 72.2 Å². The summed E-state index contributed by atoms with van der Waals surface area (Å²) >= 11 is 0. The Labute approximate surface area is 125 Å². The number of halogens is 1. The third-order valence-electron chi connectivity index (χ3n) is 3.57. The summed E-state index contributed by atoms with van der Waals surface area (Å²) < 4.78 is 18.2. The third kappa shape index (κ3) is 4.50. The molecule has 1 aliphatic heterocycles. The zero-order chi connectivity index (χ0) is 15.5. The predicted octanol–water partition coefficient (Wildman–Crippen LogP) is 1.06. The molecule has 118 valence electrons. The van der Waals surface area contributed by atoms with Crippen molar-refractivity contribution in [3.8, 4) is 5.88 Å². The van der Waals surface area contributed by atoms with E-state index in [9.17, 15) is 4.39 Å². The monoisotopic (exact) mass is 297 g/mol. The molecular weight excluding hydrogens is 273 g/mol. The maximum absolute atomic E-state index is 13.3. The minimum Gasteiger partial charge on any atom is -0.479 e. The Morgan fingerprint density at radius 3 is 2.62 bits per heavy atom. The van der Waals surface area contributed by atoms with Gasteiger partial charge in [0.05, 0.1) is 13.3 Å². The number of likely N-dealkylation sites (N-methyl/N-ethyl adjacent to an activating group) is 1. The van der Waals surface area contributed by atoms with Crippen LogP contribution in [-0.2, 0) is 0 Å². The van der Waals surface area contributed by atoms with Crippen LogP contribution in [0.2, 0.25) is 0 Å². The van der Waals surface area contributed by atoms with Crippen molar-refractivity contribution in [3.63, 3.8) is 0 Å². The molecular formula is C14H24FN5O. The normalized spacial score (nSPS) is 17.8. The molecule has 0 spiro atoms. The third-order valence-corrected chi connectivity index (χ3v) is 3.57. The summed E-state index contributed by atoms with van der Waals surface area (Å²) in [6.07, 6.45) is 1.13. The number of hydrogen-bond donors (Lipinski definition) is 1. The summed E-state index contributed by atoms with van der Waals surface area (Å²) in [6.45, 7) is 9.32. The largest absolute Gasteiger partial charge is 0.479 e. The summed E-state index contributed by atoms with van der Waals surface area (Å²) in [6, 6.07) is 0. The Balaban J connectivity index is 1.96. The number of hydrogen-bond acceptors (Lipinski definition) is 6. The lowest BCUT2D eigenvalue weighted by molar-refractivity contribution is 0.138. The predicted molar refractivity (Wildman–Crippen MR) is 80.2 cm³/mol. The average Bonchev–Trinajstić information content (AvgIpc) is 2.43. The second kappa shape index (κ2) is 6.53. The molecule has 0 amide bonds.